The van der Waals surface area contributed by atoms with Crippen molar-refractivity contribution < 1.29 is 24.2 Å². The number of hydrogen-bond acceptors (Lipinski definition) is 4. The van der Waals surface area contributed by atoms with E-state index in [-0.39, 0.29) is 17.4 Å². The molecule has 0 saturated heterocycles. The summed E-state index contributed by atoms with van der Waals surface area (Å²) in [6.07, 6.45) is 0. The Bertz CT molecular complexity index is 555. The maximum absolute atomic E-state index is 12.0. The van der Waals surface area contributed by atoms with Gasteiger partial charge in [-0.25, -0.2) is 4.79 Å². The van der Waals surface area contributed by atoms with Gasteiger partial charge in [-0.15, -0.1) is 0 Å². The number of carboxylic acid groups (broad SMARTS) is 1. The lowest BCUT2D eigenvalue weighted by Gasteiger charge is -2.21. The summed E-state index contributed by atoms with van der Waals surface area (Å²) >= 11 is 5.95. The number of fused-ring (bicyclic) bond motifs is 1. The van der Waals surface area contributed by atoms with Gasteiger partial charge in [-0.3, -0.25) is 4.79 Å². The first-order chi connectivity index (χ1) is 8.81. The fourth-order valence-corrected chi connectivity index (χ4v) is 1.77. The molecule has 19 heavy (non-hydrogen) atoms. The Kier molecular flexibility index (Phi) is 3.28. The molecule has 1 aliphatic rings. The number of amides is 1. The minimum absolute atomic E-state index is 0.0424. The van der Waals surface area contributed by atoms with Crippen LogP contribution in [0.25, 0.3) is 0 Å². The van der Waals surface area contributed by atoms with Crippen molar-refractivity contribution >= 4 is 23.5 Å². The molecule has 102 valence electrons. The summed E-state index contributed by atoms with van der Waals surface area (Å²) in [6.45, 7) is 2.82. The Labute approximate surface area is 114 Å². The molecule has 0 spiro atoms. The molecule has 0 bridgehead atoms. The molecule has 1 aliphatic heterocycles. The van der Waals surface area contributed by atoms with E-state index in [2.05, 4.69) is 5.32 Å². The molecule has 0 saturated carbocycles. The van der Waals surface area contributed by atoms with E-state index >= 15 is 0 Å². The Morgan fingerprint density at radius 2 is 2.05 bits per heavy atom. The summed E-state index contributed by atoms with van der Waals surface area (Å²) in [5, 5.41) is 11.6. The molecule has 0 radical (unpaired) electrons. The number of carbonyl (C=O) groups excluding carboxylic acids is 1. The highest BCUT2D eigenvalue weighted by Crippen LogP contribution is 2.39. The molecule has 2 N–H and O–H groups in total. The molecular weight excluding hydrogens is 274 g/mol. The van der Waals surface area contributed by atoms with Crippen molar-refractivity contribution in [2.24, 2.45) is 0 Å². The van der Waals surface area contributed by atoms with Crippen LogP contribution >= 0.6 is 11.6 Å². The van der Waals surface area contributed by atoms with E-state index in [9.17, 15) is 9.59 Å². The van der Waals surface area contributed by atoms with Gasteiger partial charge in [0.25, 0.3) is 5.91 Å². The van der Waals surface area contributed by atoms with Gasteiger partial charge in [-0.05, 0) is 26.0 Å². The highest BCUT2D eigenvalue weighted by molar-refractivity contribution is 6.32. The smallest absolute Gasteiger partial charge is 0.328 e. The van der Waals surface area contributed by atoms with E-state index < -0.39 is 17.4 Å². The molecule has 1 aromatic rings. The number of ether oxygens (including phenoxy) is 2. The van der Waals surface area contributed by atoms with Crippen molar-refractivity contribution in [3.05, 3.63) is 22.7 Å². The minimum Gasteiger partial charge on any atom is -0.480 e. The van der Waals surface area contributed by atoms with E-state index in [1.165, 1.54) is 26.0 Å². The Hall–Kier alpha value is -1.95. The topological polar surface area (TPSA) is 84.9 Å². The second kappa shape index (κ2) is 4.62. The van der Waals surface area contributed by atoms with Gasteiger partial charge in [0.1, 0.15) is 5.54 Å². The first-order valence-electron chi connectivity index (χ1n) is 5.46. The zero-order chi connectivity index (χ0) is 14.2. The van der Waals surface area contributed by atoms with Crippen molar-refractivity contribution in [1.29, 1.82) is 0 Å². The number of rotatable bonds is 3. The molecule has 0 unspecified atom stereocenters. The van der Waals surface area contributed by atoms with Crippen molar-refractivity contribution in [2.75, 3.05) is 6.79 Å². The summed E-state index contributed by atoms with van der Waals surface area (Å²) in [4.78, 5) is 22.9. The predicted octanol–water partition coefficient (Wildman–Crippen LogP) is 1.66. The Morgan fingerprint density at radius 1 is 1.37 bits per heavy atom. The first-order valence-corrected chi connectivity index (χ1v) is 5.84. The summed E-state index contributed by atoms with van der Waals surface area (Å²) in [7, 11) is 0. The standard InChI is InChI=1S/C12H12ClNO5/c1-12(2,11(16)17)14-10(15)6-3-7(13)9-8(4-6)18-5-19-9/h3-4H,5H2,1-2H3,(H,14,15)(H,16,17). The highest BCUT2D eigenvalue weighted by atomic mass is 35.5. The second-order valence-corrected chi connectivity index (χ2v) is 4.98. The van der Waals surface area contributed by atoms with Gasteiger partial charge in [0, 0.05) is 5.56 Å². The highest BCUT2D eigenvalue weighted by Gasteiger charge is 2.30. The summed E-state index contributed by atoms with van der Waals surface area (Å²) in [5.74, 6) is -0.929. The predicted molar refractivity (Wildman–Crippen MR) is 66.8 cm³/mol. The largest absolute Gasteiger partial charge is 0.480 e. The van der Waals surface area contributed by atoms with Crippen molar-refractivity contribution in [2.45, 2.75) is 19.4 Å². The average Bonchev–Trinajstić information content (AvgIpc) is 2.76. The molecule has 1 aromatic carbocycles. The van der Waals surface area contributed by atoms with Gasteiger partial charge in [0.05, 0.1) is 5.02 Å². The van der Waals surface area contributed by atoms with Crippen LogP contribution < -0.4 is 14.8 Å². The van der Waals surface area contributed by atoms with Gasteiger partial charge >= 0.3 is 5.97 Å². The molecule has 1 heterocycles. The first kappa shape index (κ1) is 13.5. The third-order valence-electron chi connectivity index (χ3n) is 2.65. The monoisotopic (exact) mass is 285 g/mol. The number of aliphatic carboxylic acids is 1. The quantitative estimate of drug-likeness (QED) is 0.882. The molecular formula is C12H12ClNO5. The van der Waals surface area contributed by atoms with Crippen LogP contribution in [0.3, 0.4) is 0 Å². The van der Waals surface area contributed by atoms with E-state index in [1.807, 2.05) is 0 Å². The molecule has 1 amide bonds. The normalized spacial score (nSPS) is 13.2. The van der Waals surface area contributed by atoms with E-state index in [0.29, 0.717) is 11.5 Å². The fraction of sp³-hybridized carbons (Fsp3) is 0.333. The van der Waals surface area contributed by atoms with Crippen LogP contribution in [0.1, 0.15) is 24.2 Å². The Morgan fingerprint density at radius 3 is 2.68 bits per heavy atom. The summed E-state index contributed by atoms with van der Waals surface area (Å²) < 4.78 is 10.3. The molecule has 7 heteroatoms. The lowest BCUT2D eigenvalue weighted by atomic mass is 10.1. The third kappa shape index (κ3) is 2.58. The molecule has 0 atom stereocenters. The van der Waals surface area contributed by atoms with Crippen molar-refractivity contribution in [1.82, 2.24) is 5.32 Å². The van der Waals surface area contributed by atoms with Gasteiger partial charge in [0.15, 0.2) is 11.5 Å². The van der Waals surface area contributed by atoms with Crippen LogP contribution in [0, 0.1) is 0 Å². The lowest BCUT2D eigenvalue weighted by Crippen LogP contribution is -2.49. The van der Waals surface area contributed by atoms with Gasteiger partial charge in [-0.1, -0.05) is 11.6 Å². The van der Waals surface area contributed by atoms with Crippen LogP contribution in [0.2, 0.25) is 5.02 Å². The van der Waals surface area contributed by atoms with Crippen LogP contribution in [0.4, 0.5) is 0 Å². The average molecular weight is 286 g/mol. The summed E-state index contributed by atoms with van der Waals surface area (Å²) in [5.41, 5.74) is -1.16. The molecule has 0 fully saturated rings. The van der Waals surface area contributed by atoms with Crippen molar-refractivity contribution in [3.63, 3.8) is 0 Å². The second-order valence-electron chi connectivity index (χ2n) is 4.58. The van der Waals surface area contributed by atoms with Gasteiger partial charge in [0.2, 0.25) is 6.79 Å². The maximum Gasteiger partial charge on any atom is 0.328 e. The van der Waals surface area contributed by atoms with E-state index in [1.54, 1.807) is 0 Å². The zero-order valence-corrected chi connectivity index (χ0v) is 11.1. The van der Waals surface area contributed by atoms with Gasteiger partial charge < -0.3 is 19.9 Å². The number of halogens is 1. The number of hydrogen-bond donors (Lipinski definition) is 2. The molecule has 2 rings (SSSR count). The van der Waals surface area contributed by atoms with Crippen LogP contribution in [-0.4, -0.2) is 29.3 Å². The number of carboxylic acids is 1. The third-order valence-corrected chi connectivity index (χ3v) is 2.93. The SMILES string of the molecule is CC(C)(NC(=O)c1cc(Cl)c2c(c1)OCO2)C(=O)O. The lowest BCUT2D eigenvalue weighted by molar-refractivity contribution is -0.143. The summed E-state index contributed by atoms with van der Waals surface area (Å²) in [6, 6.07) is 2.86. The molecule has 6 nitrogen and oxygen atoms in total. The Balaban J connectivity index is 2.26. The van der Waals surface area contributed by atoms with Crippen LogP contribution in [0.15, 0.2) is 12.1 Å². The fourth-order valence-electron chi connectivity index (χ4n) is 1.51. The van der Waals surface area contributed by atoms with Crippen LogP contribution in [0.5, 0.6) is 11.5 Å². The number of benzene rings is 1. The number of carbonyl (C=O) groups is 2. The van der Waals surface area contributed by atoms with E-state index in [4.69, 9.17) is 26.2 Å². The number of nitrogens with one attached hydrogen (secondary N) is 1. The molecule has 0 aliphatic carbocycles. The van der Waals surface area contributed by atoms with Crippen molar-refractivity contribution in [3.8, 4) is 11.5 Å². The van der Waals surface area contributed by atoms with Crippen LogP contribution in [-0.2, 0) is 4.79 Å². The zero-order valence-electron chi connectivity index (χ0n) is 10.3. The minimum atomic E-state index is -1.38. The van der Waals surface area contributed by atoms with E-state index in [0.717, 1.165) is 0 Å². The molecule has 0 aromatic heterocycles. The maximum atomic E-state index is 12.0. The van der Waals surface area contributed by atoms with Gasteiger partial charge in [-0.2, -0.15) is 0 Å².